The molecule has 0 aliphatic carbocycles. The number of phosphoric acid groups is 1. The Kier molecular flexibility index (Phi) is 19.0. The zero-order chi connectivity index (χ0) is 40.2. The van der Waals surface area contributed by atoms with Gasteiger partial charge in [0.05, 0.1) is 48.4 Å². The monoisotopic (exact) mass is 797 g/mol. The molecule has 6 atom stereocenters. The predicted octanol–water partition coefficient (Wildman–Crippen LogP) is 7.49. The number of benzene rings is 1. The van der Waals surface area contributed by atoms with Crippen LogP contribution in [0.4, 0.5) is 5.69 Å². The van der Waals surface area contributed by atoms with Gasteiger partial charge in [-0.2, -0.15) is 15.6 Å². The summed E-state index contributed by atoms with van der Waals surface area (Å²) in [6.07, 6.45) is 16.1. The quantitative estimate of drug-likeness (QED) is 0.0414. The Hall–Kier alpha value is -3.56. The van der Waals surface area contributed by atoms with E-state index in [0.717, 1.165) is 19.3 Å². The maximum atomic E-state index is 13.0. The minimum Gasteiger partial charge on any atom is -0.486 e. The first-order valence-electron chi connectivity index (χ1n) is 20.2. The molecule has 1 fully saturated rings. The van der Waals surface area contributed by atoms with Crippen molar-refractivity contribution < 1.29 is 42.9 Å². The number of fused-ring (bicyclic) bond motifs is 1. The van der Waals surface area contributed by atoms with Crippen molar-refractivity contribution in [3.8, 4) is 17.9 Å². The highest BCUT2D eigenvalue weighted by molar-refractivity contribution is 7.47. The smallest absolute Gasteiger partial charge is 0.472 e. The van der Waals surface area contributed by atoms with Crippen LogP contribution >= 0.6 is 7.82 Å². The van der Waals surface area contributed by atoms with Crippen LogP contribution in [-0.2, 0) is 28.7 Å². The Bertz CT molecular complexity index is 1750. The number of nitrogen functional groups attached to an aromatic ring is 1. The number of nitrogens with two attached hydrogens (primary N) is 1. The molecule has 0 amide bonds. The van der Waals surface area contributed by atoms with Crippen molar-refractivity contribution in [3.63, 3.8) is 0 Å². The number of anilines is 1. The van der Waals surface area contributed by atoms with Crippen LogP contribution in [0.3, 0.4) is 0 Å². The van der Waals surface area contributed by atoms with Crippen LogP contribution in [0.15, 0.2) is 48.7 Å². The average Bonchev–Trinajstić information content (AvgIpc) is 3.75. The lowest BCUT2D eigenvalue weighted by Crippen LogP contribution is -2.41. The summed E-state index contributed by atoms with van der Waals surface area (Å²) in [6.45, 7) is 1.67. The first kappa shape index (κ1) is 45.1. The maximum absolute atomic E-state index is 13.0. The third-order valence-corrected chi connectivity index (χ3v) is 11.1. The molecule has 2 aromatic heterocycles. The molecule has 1 aliphatic heterocycles. The second kappa shape index (κ2) is 23.6. The topological polar surface area (TPSA) is 215 Å². The van der Waals surface area contributed by atoms with Gasteiger partial charge in [-0.3, -0.25) is 9.05 Å². The zero-order valence-corrected chi connectivity index (χ0v) is 33.6. The number of rotatable bonds is 28. The summed E-state index contributed by atoms with van der Waals surface area (Å²) < 4.78 is 42.5. The molecule has 1 aromatic carbocycles. The van der Waals surface area contributed by atoms with Crippen molar-refractivity contribution in [2.75, 3.05) is 32.2 Å². The van der Waals surface area contributed by atoms with Gasteiger partial charge in [-0.15, -0.1) is 0 Å². The summed E-state index contributed by atoms with van der Waals surface area (Å²) in [5.74, 6) is 0.357. The molecular weight excluding hydrogens is 737 g/mol. The Morgan fingerprint density at radius 2 is 1.55 bits per heavy atom. The van der Waals surface area contributed by atoms with Gasteiger partial charge in [-0.05, 0) is 42.8 Å². The van der Waals surface area contributed by atoms with E-state index in [4.69, 9.17) is 29.0 Å². The van der Waals surface area contributed by atoms with E-state index < -0.39 is 51.1 Å². The molecule has 4 rings (SSSR count). The lowest BCUT2D eigenvalue weighted by Gasteiger charge is -2.24. The van der Waals surface area contributed by atoms with Crippen LogP contribution in [0.1, 0.15) is 121 Å². The van der Waals surface area contributed by atoms with E-state index in [1.165, 1.54) is 100 Å². The third-order valence-electron chi connectivity index (χ3n) is 10.1. The molecule has 1 unspecified atom stereocenters. The first-order valence-corrected chi connectivity index (χ1v) is 21.7. The Morgan fingerprint density at radius 3 is 2.18 bits per heavy atom. The summed E-state index contributed by atoms with van der Waals surface area (Å²) in [7, 11) is -4.78. The van der Waals surface area contributed by atoms with Gasteiger partial charge in [-0.1, -0.05) is 109 Å². The number of hydrogen-bond acceptors (Lipinski definition) is 12. The van der Waals surface area contributed by atoms with Gasteiger partial charge in [0, 0.05) is 12.8 Å². The van der Waals surface area contributed by atoms with E-state index in [2.05, 4.69) is 18.1 Å². The van der Waals surface area contributed by atoms with Gasteiger partial charge in [0.25, 0.3) is 0 Å². The highest BCUT2D eigenvalue weighted by atomic mass is 31.2. The van der Waals surface area contributed by atoms with Crippen LogP contribution in [0.25, 0.3) is 5.52 Å². The lowest BCUT2D eigenvalue weighted by molar-refractivity contribution is -0.0651. The first-order chi connectivity index (χ1) is 27.1. The number of aliphatic hydroxyl groups excluding tert-OH is 2. The molecule has 15 heteroatoms. The van der Waals surface area contributed by atoms with Crippen molar-refractivity contribution in [2.45, 2.75) is 140 Å². The van der Waals surface area contributed by atoms with E-state index in [1.54, 1.807) is 36.4 Å². The number of unbranched alkanes of at least 4 members (excludes halogenated alkanes) is 15. The van der Waals surface area contributed by atoms with E-state index >= 15 is 0 Å². The van der Waals surface area contributed by atoms with Crippen LogP contribution in [-0.4, -0.2) is 75.6 Å². The number of aromatic nitrogens is 2. The molecule has 1 aliphatic rings. The fraction of sp³-hybridized carbons (Fsp3) is 0.634. The average molecular weight is 798 g/mol. The van der Waals surface area contributed by atoms with E-state index in [1.807, 2.05) is 6.07 Å². The van der Waals surface area contributed by atoms with Gasteiger partial charge in [0.15, 0.2) is 0 Å². The third kappa shape index (κ3) is 13.5. The van der Waals surface area contributed by atoms with Gasteiger partial charge in [-0.25, -0.2) is 9.08 Å². The summed E-state index contributed by atoms with van der Waals surface area (Å²) >= 11 is 0. The molecule has 0 radical (unpaired) electrons. The molecule has 308 valence electrons. The molecule has 5 N–H and O–H groups in total. The molecular formula is C41H60N5O9P. The number of phosphoric ester groups is 1. The van der Waals surface area contributed by atoms with E-state index in [-0.39, 0.29) is 12.3 Å². The van der Waals surface area contributed by atoms with E-state index in [9.17, 15) is 30.2 Å². The lowest BCUT2D eigenvalue weighted by atomic mass is 9.92. The largest absolute Gasteiger partial charge is 0.486 e. The highest BCUT2D eigenvalue weighted by Gasteiger charge is 2.58. The van der Waals surface area contributed by atoms with Gasteiger partial charge >= 0.3 is 7.82 Å². The highest BCUT2D eigenvalue weighted by Crippen LogP contribution is 2.46. The van der Waals surface area contributed by atoms with Gasteiger partial charge < -0.3 is 35.1 Å². The minimum absolute atomic E-state index is 0.0423. The van der Waals surface area contributed by atoms with Crippen molar-refractivity contribution in [1.29, 1.82) is 10.5 Å². The molecule has 0 bridgehead atoms. The number of ether oxygens (including phenoxy) is 3. The van der Waals surface area contributed by atoms with Gasteiger partial charge in [0.1, 0.15) is 36.2 Å². The second-order valence-electron chi connectivity index (χ2n) is 14.6. The molecule has 1 saturated heterocycles. The number of aliphatic hydroxyl groups is 2. The zero-order valence-electron chi connectivity index (χ0n) is 32.7. The van der Waals surface area contributed by atoms with Crippen LogP contribution in [0.5, 0.6) is 5.75 Å². The summed E-state index contributed by atoms with van der Waals surface area (Å²) in [5.41, 5.74) is 5.25. The van der Waals surface area contributed by atoms with Crippen molar-refractivity contribution in [2.24, 2.45) is 0 Å². The van der Waals surface area contributed by atoms with Crippen LogP contribution < -0.4 is 10.5 Å². The van der Waals surface area contributed by atoms with Crippen molar-refractivity contribution in [1.82, 2.24) is 9.61 Å². The molecule has 56 heavy (non-hydrogen) atoms. The maximum Gasteiger partial charge on any atom is 0.472 e. The summed E-state index contributed by atoms with van der Waals surface area (Å²) in [6, 6.07) is 15.1. The minimum atomic E-state index is -4.78. The predicted molar refractivity (Wildman–Crippen MR) is 211 cm³/mol. The molecule has 14 nitrogen and oxygen atoms in total. The molecule has 0 saturated carbocycles. The molecule has 0 spiro atoms. The fourth-order valence-corrected chi connectivity index (χ4v) is 7.70. The van der Waals surface area contributed by atoms with Crippen LogP contribution in [0.2, 0.25) is 0 Å². The fourth-order valence-electron chi connectivity index (χ4n) is 6.93. The standard InChI is InChI=1S/C41H60N5O9P/c1-2-3-4-5-6-7-8-9-10-11-12-13-14-15-16-17-25-51-28-34(54-33-20-18-19-32(26-33)27-42)29-52-56(49,50)53-30-37-39(47)40(48)41(31-43,55-37)38-22-21-36-35(44)23-24-45-46(36)38/h18-24,26,34,37,39-40,47-48H,2-17,25,28-30,44H2,1H3,(H,49,50)/t34-,37-,39-,40-,41+/m1/s1. The molecule has 3 heterocycles. The van der Waals surface area contributed by atoms with Crippen molar-refractivity contribution >= 4 is 19.0 Å². The summed E-state index contributed by atoms with van der Waals surface area (Å²) in [4.78, 5) is 10.6. The molecule has 3 aromatic rings. The summed E-state index contributed by atoms with van der Waals surface area (Å²) in [5, 5.41) is 45.4. The van der Waals surface area contributed by atoms with Crippen molar-refractivity contribution in [3.05, 3.63) is 59.9 Å². The van der Waals surface area contributed by atoms with Gasteiger partial charge in [0.2, 0.25) is 5.60 Å². The Balaban J connectivity index is 1.18. The normalized spacial score (nSPS) is 21.1. The number of nitrogens with zero attached hydrogens (tertiary/aromatic N) is 4. The van der Waals surface area contributed by atoms with E-state index in [0.29, 0.717) is 29.1 Å². The number of nitriles is 2. The van der Waals surface area contributed by atoms with Crippen LogP contribution in [0, 0.1) is 22.7 Å². The Labute approximate surface area is 331 Å². The number of hydrogen-bond donors (Lipinski definition) is 4. The SMILES string of the molecule is CCCCCCCCCCCCCCCCCCOC[C@H](COP(=O)(O)OC[C@H]1O[C@@](C#N)(c2ccc3c(N)ccnn23)[C@H](O)[C@@H]1O)Oc1cccc(C#N)c1. The second-order valence-corrected chi connectivity index (χ2v) is 16.0. The Morgan fingerprint density at radius 1 is 0.911 bits per heavy atom.